The molecule has 0 saturated carbocycles. The van der Waals surface area contributed by atoms with Gasteiger partial charge >= 0.3 is 5.97 Å². The number of nitrogens with zero attached hydrogens (tertiary/aromatic N) is 1. The molecular formula is C16H19NO2S. The molecule has 1 aromatic carbocycles. The topological polar surface area (TPSA) is 40.5 Å². The van der Waals surface area contributed by atoms with Gasteiger partial charge < -0.3 is 10.0 Å². The van der Waals surface area contributed by atoms with Gasteiger partial charge in [-0.1, -0.05) is 25.1 Å². The average Bonchev–Trinajstić information content (AvgIpc) is 2.94. The van der Waals surface area contributed by atoms with Gasteiger partial charge in [-0.3, -0.25) is 4.79 Å². The van der Waals surface area contributed by atoms with Crippen LogP contribution >= 0.6 is 11.3 Å². The van der Waals surface area contributed by atoms with Crippen LogP contribution in [0.5, 0.6) is 0 Å². The van der Waals surface area contributed by atoms with Gasteiger partial charge in [0.1, 0.15) is 6.54 Å². The minimum Gasteiger partial charge on any atom is -0.480 e. The van der Waals surface area contributed by atoms with Gasteiger partial charge in [0.05, 0.1) is 6.04 Å². The Bertz CT molecular complexity index is 565. The fraction of sp³-hybridized carbons (Fsp3) is 0.312. The molecule has 1 unspecified atom stereocenters. The molecule has 0 aliphatic carbocycles. The van der Waals surface area contributed by atoms with Crippen molar-refractivity contribution in [3.63, 3.8) is 0 Å². The third kappa shape index (κ3) is 3.39. The van der Waals surface area contributed by atoms with Crippen molar-refractivity contribution in [1.82, 2.24) is 0 Å². The Kier molecular flexibility index (Phi) is 4.79. The smallest absolute Gasteiger partial charge is 0.323 e. The van der Waals surface area contributed by atoms with Crippen molar-refractivity contribution in [2.24, 2.45) is 0 Å². The summed E-state index contributed by atoms with van der Waals surface area (Å²) in [4.78, 5) is 15.6. The third-order valence-electron chi connectivity index (χ3n) is 3.30. The van der Waals surface area contributed by atoms with Crippen molar-refractivity contribution in [1.29, 1.82) is 0 Å². The highest BCUT2D eigenvalue weighted by Gasteiger charge is 2.20. The Morgan fingerprint density at radius 1 is 1.25 bits per heavy atom. The maximum absolute atomic E-state index is 11.1. The van der Waals surface area contributed by atoms with E-state index in [4.69, 9.17) is 5.11 Å². The molecule has 0 aliphatic heterocycles. The van der Waals surface area contributed by atoms with E-state index in [-0.39, 0.29) is 12.6 Å². The van der Waals surface area contributed by atoms with E-state index in [1.807, 2.05) is 35.2 Å². The van der Waals surface area contributed by atoms with Crippen LogP contribution < -0.4 is 4.90 Å². The van der Waals surface area contributed by atoms with Crippen LogP contribution in [0, 0.1) is 0 Å². The van der Waals surface area contributed by atoms with Crippen LogP contribution in [0.15, 0.2) is 42.5 Å². The summed E-state index contributed by atoms with van der Waals surface area (Å²) in [6, 6.07) is 14.0. The fourth-order valence-corrected chi connectivity index (χ4v) is 3.20. The summed E-state index contributed by atoms with van der Waals surface area (Å²) in [5, 5.41) is 9.15. The van der Waals surface area contributed by atoms with Crippen LogP contribution in [0.4, 0.5) is 5.69 Å². The zero-order chi connectivity index (χ0) is 14.5. The quantitative estimate of drug-likeness (QED) is 0.875. The summed E-state index contributed by atoms with van der Waals surface area (Å²) in [5.41, 5.74) is 0.939. The zero-order valence-corrected chi connectivity index (χ0v) is 12.6. The second kappa shape index (κ2) is 6.57. The number of thiophene rings is 1. The minimum atomic E-state index is -0.812. The van der Waals surface area contributed by atoms with E-state index in [1.165, 1.54) is 9.75 Å². The SMILES string of the molecule is CCc1ccc(C(C)N(CC(=O)O)c2ccccc2)s1. The molecule has 1 atom stereocenters. The molecule has 106 valence electrons. The Labute approximate surface area is 123 Å². The monoisotopic (exact) mass is 289 g/mol. The Balaban J connectivity index is 2.28. The molecule has 2 rings (SSSR count). The van der Waals surface area contributed by atoms with E-state index >= 15 is 0 Å². The first-order valence-electron chi connectivity index (χ1n) is 6.74. The lowest BCUT2D eigenvalue weighted by Crippen LogP contribution is -2.31. The summed E-state index contributed by atoms with van der Waals surface area (Å²) < 4.78 is 0. The number of carboxylic acid groups (broad SMARTS) is 1. The van der Waals surface area contributed by atoms with Crippen molar-refractivity contribution in [2.45, 2.75) is 26.3 Å². The van der Waals surface area contributed by atoms with Crippen LogP contribution in [0.25, 0.3) is 0 Å². The van der Waals surface area contributed by atoms with E-state index in [0.29, 0.717) is 0 Å². The molecule has 20 heavy (non-hydrogen) atoms. The Morgan fingerprint density at radius 3 is 2.50 bits per heavy atom. The lowest BCUT2D eigenvalue weighted by Gasteiger charge is -2.29. The predicted octanol–water partition coefficient (Wildman–Crippen LogP) is 3.96. The highest BCUT2D eigenvalue weighted by atomic mass is 32.1. The van der Waals surface area contributed by atoms with Crippen molar-refractivity contribution in [2.75, 3.05) is 11.4 Å². The molecular weight excluding hydrogens is 270 g/mol. The molecule has 0 fully saturated rings. The maximum atomic E-state index is 11.1. The third-order valence-corrected chi connectivity index (χ3v) is 4.70. The van der Waals surface area contributed by atoms with Crippen LogP contribution in [0.2, 0.25) is 0 Å². The predicted molar refractivity (Wildman–Crippen MR) is 83.5 cm³/mol. The maximum Gasteiger partial charge on any atom is 0.323 e. The Morgan fingerprint density at radius 2 is 1.95 bits per heavy atom. The molecule has 1 N–H and O–H groups in total. The second-order valence-electron chi connectivity index (χ2n) is 4.69. The lowest BCUT2D eigenvalue weighted by atomic mass is 10.2. The number of benzene rings is 1. The van der Waals surface area contributed by atoms with Crippen molar-refractivity contribution in [3.05, 3.63) is 52.2 Å². The van der Waals surface area contributed by atoms with E-state index in [2.05, 4.69) is 26.0 Å². The standard InChI is InChI=1S/C16H19NO2S/c1-3-14-9-10-15(20-14)12(2)17(11-16(18)19)13-7-5-4-6-8-13/h4-10,12H,3,11H2,1-2H3,(H,18,19). The van der Waals surface area contributed by atoms with Gasteiger partial charge in [-0.05, 0) is 37.6 Å². The van der Waals surface area contributed by atoms with Gasteiger partial charge in [-0.2, -0.15) is 0 Å². The van der Waals surface area contributed by atoms with Crippen LogP contribution in [0.1, 0.15) is 29.6 Å². The first-order valence-corrected chi connectivity index (χ1v) is 7.55. The van der Waals surface area contributed by atoms with E-state index in [1.54, 1.807) is 11.3 Å². The van der Waals surface area contributed by atoms with E-state index in [9.17, 15) is 4.79 Å². The van der Waals surface area contributed by atoms with Crippen molar-refractivity contribution in [3.8, 4) is 0 Å². The highest BCUT2D eigenvalue weighted by molar-refractivity contribution is 7.12. The molecule has 0 aliphatic rings. The van der Waals surface area contributed by atoms with Gasteiger partial charge in [-0.25, -0.2) is 0 Å². The summed E-state index contributed by atoms with van der Waals surface area (Å²) in [6.45, 7) is 4.19. The fourth-order valence-electron chi connectivity index (χ4n) is 2.18. The Hall–Kier alpha value is -1.81. The second-order valence-corrected chi connectivity index (χ2v) is 5.89. The number of para-hydroxylation sites is 1. The highest BCUT2D eigenvalue weighted by Crippen LogP contribution is 2.31. The van der Waals surface area contributed by atoms with Crippen LogP contribution in [0.3, 0.4) is 0 Å². The number of aryl methyl sites for hydroxylation is 1. The first-order chi connectivity index (χ1) is 9.61. The molecule has 1 heterocycles. The summed E-state index contributed by atoms with van der Waals surface area (Å²) in [7, 11) is 0. The molecule has 3 nitrogen and oxygen atoms in total. The largest absolute Gasteiger partial charge is 0.480 e. The molecule has 0 radical (unpaired) electrons. The normalized spacial score (nSPS) is 12.1. The number of anilines is 1. The summed E-state index contributed by atoms with van der Waals surface area (Å²) >= 11 is 1.76. The molecule has 0 saturated heterocycles. The summed E-state index contributed by atoms with van der Waals surface area (Å²) in [5.74, 6) is -0.812. The lowest BCUT2D eigenvalue weighted by molar-refractivity contribution is -0.135. The zero-order valence-electron chi connectivity index (χ0n) is 11.7. The van der Waals surface area contributed by atoms with Crippen LogP contribution in [-0.2, 0) is 11.2 Å². The molecule has 4 heteroatoms. The molecule has 0 amide bonds. The number of carbonyl (C=O) groups is 1. The minimum absolute atomic E-state index is 0.00450. The van der Waals surface area contributed by atoms with E-state index < -0.39 is 5.97 Å². The van der Waals surface area contributed by atoms with Crippen molar-refractivity contribution >= 4 is 23.0 Å². The van der Waals surface area contributed by atoms with Crippen LogP contribution in [-0.4, -0.2) is 17.6 Å². The number of hydrogen-bond acceptors (Lipinski definition) is 3. The number of hydrogen-bond donors (Lipinski definition) is 1. The molecule has 2 aromatic rings. The average molecular weight is 289 g/mol. The molecule has 1 aromatic heterocycles. The summed E-state index contributed by atoms with van der Waals surface area (Å²) in [6.07, 6.45) is 1.02. The van der Waals surface area contributed by atoms with Crippen molar-refractivity contribution < 1.29 is 9.90 Å². The van der Waals surface area contributed by atoms with Gasteiger partial charge in [0.25, 0.3) is 0 Å². The number of rotatable bonds is 6. The van der Waals surface area contributed by atoms with Gasteiger partial charge in [0.15, 0.2) is 0 Å². The molecule has 0 bridgehead atoms. The number of carboxylic acids is 1. The number of aliphatic carboxylic acids is 1. The first kappa shape index (κ1) is 14.6. The van der Waals surface area contributed by atoms with Gasteiger partial charge in [0.2, 0.25) is 0 Å². The van der Waals surface area contributed by atoms with Gasteiger partial charge in [0, 0.05) is 15.4 Å². The van der Waals surface area contributed by atoms with E-state index in [0.717, 1.165) is 12.1 Å². The molecule has 0 spiro atoms. The van der Waals surface area contributed by atoms with Gasteiger partial charge in [-0.15, -0.1) is 11.3 Å².